The zero-order valence-electron chi connectivity index (χ0n) is 13.6. The van der Waals surface area contributed by atoms with Crippen molar-refractivity contribution in [1.29, 1.82) is 0 Å². The Labute approximate surface area is 154 Å². The summed E-state index contributed by atoms with van der Waals surface area (Å²) in [5, 5.41) is 4.39. The molecule has 0 aromatic carbocycles. The Balaban J connectivity index is 1.72. The van der Waals surface area contributed by atoms with E-state index in [1.165, 1.54) is 21.7 Å². The van der Waals surface area contributed by atoms with Crippen LogP contribution in [0.5, 0.6) is 0 Å². The SMILES string of the molecule is CCc1nc(COC(=O)c2sccc2S(=O)(=O)N2CCOCC2)cs1. The number of thiazole rings is 1. The van der Waals surface area contributed by atoms with Crippen molar-refractivity contribution in [3.8, 4) is 0 Å². The molecule has 0 N–H and O–H groups in total. The van der Waals surface area contributed by atoms with Gasteiger partial charge in [0.05, 0.1) is 23.9 Å². The molecular formula is C15H18N2O5S3. The molecule has 3 heterocycles. The number of sulfonamides is 1. The van der Waals surface area contributed by atoms with E-state index in [4.69, 9.17) is 9.47 Å². The van der Waals surface area contributed by atoms with Crippen molar-refractivity contribution in [3.05, 3.63) is 32.4 Å². The number of nitrogens with zero attached hydrogens (tertiary/aromatic N) is 2. The lowest BCUT2D eigenvalue weighted by atomic mass is 10.4. The molecule has 10 heteroatoms. The highest BCUT2D eigenvalue weighted by molar-refractivity contribution is 7.89. The number of carbonyl (C=O) groups excluding carboxylic acids is 1. The molecule has 136 valence electrons. The fourth-order valence-corrected chi connectivity index (χ4v) is 5.78. The molecule has 0 saturated carbocycles. The van der Waals surface area contributed by atoms with Gasteiger partial charge in [-0.25, -0.2) is 18.2 Å². The van der Waals surface area contributed by atoms with Gasteiger partial charge in [0.1, 0.15) is 16.4 Å². The van der Waals surface area contributed by atoms with Crippen molar-refractivity contribution in [2.45, 2.75) is 24.8 Å². The molecule has 0 aliphatic carbocycles. The third-order valence-electron chi connectivity index (χ3n) is 3.66. The molecule has 0 unspecified atom stereocenters. The van der Waals surface area contributed by atoms with Crippen molar-refractivity contribution in [1.82, 2.24) is 9.29 Å². The molecule has 3 rings (SSSR count). The minimum atomic E-state index is -3.73. The first kappa shape index (κ1) is 18.5. The van der Waals surface area contributed by atoms with Gasteiger partial charge >= 0.3 is 5.97 Å². The maximum atomic E-state index is 12.7. The van der Waals surface area contributed by atoms with Gasteiger partial charge in [-0.05, 0) is 17.9 Å². The molecule has 0 amide bonds. The van der Waals surface area contributed by atoms with E-state index in [0.29, 0.717) is 18.9 Å². The van der Waals surface area contributed by atoms with E-state index in [1.807, 2.05) is 12.3 Å². The average Bonchev–Trinajstić information content (AvgIpc) is 3.30. The Morgan fingerprint density at radius 1 is 1.36 bits per heavy atom. The van der Waals surface area contributed by atoms with Crippen molar-refractivity contribution >= 4 is 38.7 Å². The Morgan fingerprint density at radius 3 is 2.80 bits per heavy atom. The van der Waals surface area contributed by atoms with Crippen molar-refractivity contribution in [2.24, 2.45) is 0 Å². The highest BCUT2D eigenvalue weighted by Crippen LogP contribution is 2.27. The summed E-state index contributed by atoms with van der Waals surface area (Å²) in [5.41, 5.74) is 0.671. The summed E-state index contributed by atoms with van der Waals surface area (Å²) in [6, 6.07) is 1.45. The van der Waals surface area contributed by atoms with Gasteiger partial charge in [0.15, 0.2) is 0 Å². The molecule has 1 saturated heterocycles. The van der Waals surface area contributed by atoms with Crippen molar-refractivity contribution in [3.63, 3.8) is 0 Å². The predicted molar refractivity (Wildman–Crippen MR) is 94.5 cm³/mol. The Hall–Kier alpha value is -1.33. The highest BCUT2D eigenvalue weighted by atomic mass is 32.2. The number of ether oxygens (including phenoxy) is 2. The van der Waals surface area contributed by atoms with Gasteiger partial charge in [-0.2, -0.15) is 4.31 Å². The molecule has 0 bridgehead atoms. The molecule has 1 aliphatic heterocycles. The van der Waals surface area contributed by atoms with Gasteiger partial charge in [0.2, 0.25) is 10.0 Å². The lowest BCUT2D eigenvalue weighted by molar-refractivity contribution is 0.0469. The van der Waals surface area contributed by atoms with Crippen LogP contribution in [-0.4, -0.2) is 50.0 Å². The summed E-state index contributed by atoms with van der Waals surface area (Å²) in [4.78, 5) is 16.8. The van der Waals surface area contributed by atoms with E-state index in [-0.39, 0.29) is 29.5 Å². The number of esters is 1. The summed E-state index contributed by atoms with van der Waals surface area (Å²) >= 11 is 2.57. The minimum absolute atomic E-state index is 0.00285. The third kappa shape index (κ3) is 4.09. The van der Waals surface area contributed by atoms with E-state index >= 15 is 0 Å². The van der Waals surface area contributed by atoms with Crippen molar-refractivity contribution in [2.75, 3.05) is 26.3 Å². The predicted octanol–water partition coefficient (Wildman–Crippen LogP) is 2.14. The Morgan fingerprint density at radius 2 is 2.12 bits per heavy atom. The van der Waals surface area contributed by atoms with Gasteiger partial charge in [-0.1, -0.05) is 6.92 Å². The summed E-state index contributed by atoms with van der Waals surface area (Å²) in [5.74, 6) is -0.645. The molecule has 1 fully saturated rings. The van der Waals surface area contributed by atoms with E-state index in [2.05, 4.69) is 4.98 Å². The van der Waals surface area contributed by atoms with Crippen LogP contribution in [-0.2, 0) is 32.5 Å². The third-order valence-corrected chi connectivity index (χ3v) is 7.66. The van der Waals surface area contributed by atoms with E-state index < -0.39 is 16.0 Å². The number of aromatic nitrogens is 1. The number of thiophene rings is 1. The van der Waals surface area contributed by atoms with Gasteiger partial charge < -0.3 is 9.47 Å². The summed E-state index contributed by atoms with van der Waals surface area (Å²) in [6.07, 6.45) is 0.825. The minimum Gasteiger partial charge on any atom is -0.455 e. The quantitative estimate of drug-likeness (QED) is 0.688. The highest BCUT2D eigenvalue weighted by Gasteiger charge is 2.31. The van der Waals surface area contributed by atoms with E-state index in [0.717, 1.165) is 22.8 Å². The van der Waals surface area contributed by atoms with Crippen LogP contribution >= 0.6 is 22.7 Å². The van der Waals surface area contributed by atoms with Crippen LogP contribution in [0.25, 0.3) is 0 Å². The number of rotatable bonds is 6. The molecule has 0 radical (unpaired) electrons. The van der Waals surface area contributed by atoms with Crippen LogP contribution in [0.15, 0.2) is 21.7 Å². The molecular weight excluding hydrogens is 384 g/mol. The standard InChI is InChI=1S/C15H18N2O5S3/c1-2-13-16-11(10-24-13)9-22-15(18)14-12(3-8-23-14)25(19,20)17-4-6-21-7-5-17/h3,8,10H,2,4-7,9H2,1H3. The summed E-state index contributed by atoms with van der Waals surface area (Å²) in [6.45, 7) is 3.31. The van der Waals surface area contributed by atoms with Crippen LogP contribution < -0.4 is 0 Å². The maximum absolute atomic E-state index is 12.7. The second-order valence-electron chi connectivity index (χ2n) is 5.29. The maximum Gasteiger partial charge on any atom is 0.350 e. The van der Waals surface area contributed by atoms with Crippen LogP contribution in [0.2, 0.25) is 0 Å². The first-order chi connectivity index (χ1) is 12.0. The molecule has 2 aromatic heterocycles. The normalized spacial score (nSPS) is 16.0. The first-order valence-corrected chi connectivity index (χ1v) is 11.0. The summed E-state index contributed by atoms with van der Waals surface area (Å²) < 4.78 is 37.3. The number of morpholine rings is 1. The average molecular weight is 403 g/mol. The second kappa shape index (κ2) is 7.92. The van der Waals surface area contributed by atoms with Gasteiger partial charge in [0.25, 0.3) is 0 Å². The first-order valence-electron chi connectivity index (χ1n) is 7.78. The zero-order valence-corrected chi connectivity index (χ0v) is 16.1. The number of hydrogen-bond donors (Lipinski definition) is 0. The van der Waals surface area contributed by atoms with E-state index in [9.17, 15) is 13.2 Å². The van der Waals surface area contributed by atoms with Crippen molar-refractivity contribution < 1.29 is 22.7 Å². The van der Waals surface area contributed by atoms with Crippen LogP contribution in [0.3, 0.4) is 0 Å². The van der Waals surface area contributed by atoms with Crippen LogP contribution in [0.1, 0.15) is 27.3 Å². The fraction of sp³-hybridized carbons (Fsp3) is 0.467. The largest absolute Gasteiger partial charge is 0.455 e. The topological polar surface area (TPSA) is 85.8 Å². The molecule has 7 nitrogen and oxygen atoms in total. The molecule has 1 aliphatic rings. The van der Waals surface area contributed by atoms with Gasteiger partial charge in [-0.15, -0.1) is 22.7 Å². The zero-order chi connectivity index (χ0) is 17.9. The van der Waals surface area contributed by atoms with E-state index in [1.54, 1.807) is 5.38 Å². The van der Waals surface area contributed by atoms with Crippen LogP contribution in [0, 0.1) is 0 Å². The second-order valence-corrected chi connectivity index (χ2v) is 9.06. The van der Waals surface area contributed by atoms with Gasteiger partial charge in [0, 0.05) is 18.5 Å². The summed E-state index contributed by atoms with van der Waals surface area (Å²) in [7, 11) is -3.73. The Bertz CT molecular complexity index is 837. The fourth-order valence-electron chi connectivity index (χ4n) is 2.36. The lowest BCUT2D eigenvalue weighted by Gasteiger charge is -2.25. The molecule has 0 atom stereocenters. The monoisotopic (exact) mass is 402 g/mol. The van der Waals surface area contributed by atoms with Gasteiger partial charge in [-0.3, -0.25) is 0 Å². The number of hydrogen-bond acceptors (Lipinski definition) is 8. The molecule has 25 heavy (non-hydrogen) atoms. The van der Waals surface area contributed by atoms with Crippen LogP contribution in [0.4, 0.5) is 0 Å². The Kier molecular flexibility index (Phi) is 5.85. The lowest BCUT2D eigenvalue weighted by Crippen LogP contribution is -2.40. The number of carbonyl (C=O) groups is 1. The molecule has 2 aromatic rings. The smallest absolute Gasteiger partial charge is 0.350 e. The number of aryl methyl sites for hydroxylation is 1. The molecule has 0 spiro atoms.